The van der Waals surface area contributed by atoms with Gasteiger partial charge in [0.1, 0.15) is 0 Å². The number of hydrogen-bond acceptors (Lipinski definition) is 3. The van der Waals surface area contributed by atoms with Crippen LogP contribution < -0.4 is 5.73 Å². The van der Waals surface area contributed by atoms with Crippen LogP contribution in [0.3, 0.4) is 0 Å². The topological polar surface area (TPSA) is 52.0 Å². The largest absolute Gasteiger partial charge is 0.380 e. The molecule has 3 rings (SSSR count). The van der Waals surface area contributed by atoms with E-state index >= 15 is 0 Å². The van der Waals surface area contributed by atoms with Crippen LogP contribution in [0.15, 0.2) is 53.1 Å². The molecule has 0 aliphatic rings. The molecule has 0 fully saturated rings. The highest BCUT2D eigenvalue weighted by molar-refractivity contribution is 6.31. The van der Waals surface area contributed by atoms with Crippen LogP contribution in [-0.4, -0.2) is 5.16 Å². The van der Waals surface area contributed by atoms with Crippen molar-refractivity contribution in [3.05, 3.63) is 59.4 Å². The molecule has 0 spiro atoms. The van der Waals surface area contributed by atoms with Gasteiger partial charge in [0.15, 0.2) is 17.4 Å². The first kappa shape index (κ1) is 12.7. The van der Waals surface area contributed by atoms with Gasteiger partial charge in [0.25, 0.3) is 0 Å². The molecule has 0 atom stereocenters. The van der Waals surface area contributed by atoms with Crippen molar-refractivity contribution >= 4 is 17.4 Å². The predicted molar refractivity (Wildman–Crippen MR) is 76.8 cm³/mol. The monoisotopic (exact) mass is 288 g/mol. The van der Waals surface area contributed by atoms with E-state index in [1.807, 2.05) is 30.3 Å². The summed E-state index contributed by atoms with van der Waals surface area (Å²) < 4.78 is 19.3. The summed E-state index contributed by atoms with van der Waals surface area (Å²) in [7, 11) is 0. The molecule has 3 aromatic rings. The van der Waals surface area contributed by atoms with Gasteiger partial charge in [0.2, 0.25) is 0 Å². The quantitative estimate of drug-likeness (QED) is 0.761. The molecule has 0 aliphatic carbocycles. The highest BCUT2D eigenvalue weighted by Crippen LogP contribution is 2.38. The number of anilines is 1. The molecule has 1 aromatic heterocycles. The zero-order chi connectivity index (χ0) is 14.1. The van der Waals surface area contributed by atoms with Crippen LogP contribution in [0.25, 0.3) is 22.5 Å². The Morgan fingerprint density at radius 1 is 1.05 bits per heavy atom. The Morgan fingerprint density at radius 3 is 2.55 bits per heavy atom. The van der Waals surface area contributed by atoms with E-state index in [0.29, 0.717) is 5.56 Å². The normalized spacial score (nSPS) is 10.7. The van der Waals surface area contributed by atoms with Crippen molar-refractivity contribution in [3.8, 4) is 22.5 Å². The van der Waals surface area contributed by atoms with Gasteiger partial charge in [-0.25, -0.2) is 4.39 Å². The lowest BCUT2D eigenvalue weighted by Gasteiger charge is -2.04. The number of halogens is 2. The van der Waals surface area contributed by atoms with Gasteiger partial charge in [-0.3, -0.25) is 0 Å². The maximum Gasteiger partial charge on any atom is 0.179 e. The minimum atomic E-state index is -0.553. The van der Waals surface area contributed by atoms with Crippen molar-refractivity contribution in [2.45, 2.75) is 0 Å². The van der Waals surface area contributed by atoms with Crippen LogP contribution in [-0.2, 0) is 0 Å². The van der Waals surface area contributed by atoms with E-state index in [9.17, 15) is 4.39 Å². The van der Waals surface area contributed by atoms with Crippen LogP contribution in [0.1, 0.15) is 0 Å². The summed E-state index contributed by atoms with van der Waals surface area (Å²) in [6.07, 6.45) is 0. The first-order valence-corrected chi connectivity index (χ1v) is 6.31. The molecule has 0 bridgehead atoms. The number of nitrogen functional groups attached to an aromatic ring is 1. The SMILES string of the molecule is Nc1noc(-c2cccc(Cl)c2F)c1-c1ccccc1. The van der Waals surface area contributed by atoms with E-state index in [4.69, 9.17) is 21.9 Å². The van der Waals surface area contributed by atoms with E-state index in [1.165, 1.54) is 6.07 Å². The second-order valence-corrected chi connectivity index (χ2v) is 4.65. The third-order valence-electron chi connectivity index (χ3n) is 2.98. The number of nitrogens with zero attached hydrogens (tertiary/aromatic N) is 1. The maximum absolute atomic E-state index is 14.1. The molecule has 0 saturated carbocycles. The van der Waals surface area contributed by atoms with Gasteiger partial charge in [-0.1, -0.05) is 53.2 Å². The smallest absolute Gasteiger partial charge is 0.179 e. The zero-order valence-electron chi connectivity index (χ0n) is 10.3. The molecule has 0 aliphatic heterocycles. The molecular weight excluding hydrogens is 279 g/mol. The molecule has 0 amide bonds. The van der Waals surface area contributed by atoms with Gasteiger partial charge in [-0.05, 0) is 17.7 Å². The van der Waals surface area contributed by atoms with E-state index in [0.717, 1.165) is 5.56 Å². The summed E-state index contributed by atoms with van der Waals surface area (Å²) in [6.45, 7) is 0. The third-order valence-corrected chi connectivity index (χ3v) is 3.27. The Hall–Kier alpha value is -2.33. The minimum absolute atomic E-state index is 0.0245. The third kappa shape index (κ3) is 2.04. The highest BCUT2D eigenvalue weighted by Gasteiger charge is 2.21. The van der Waals surface area contributed by atoms with Crippen molar-refractivity contribution < 1.29 is 8.91 Å². The standard InChI is InChI=1S/C15H10ClFN2O/c16-11-8-4-7-10(13(11)17)14-12(15(18)19-20-14)9-5-2-1-3-6-9/h1-8H,(H2,18,19). The van der Waals surface area contributed by atoms with Crippen molar-refractivity contribution in [3.63, 3.8) is 0 Å². The summed E-state index contributed by atoms with van der Waals surface area (Å²) in [5, 5.41) is 3.76. The van der Waals surface area contributed by atoms with Gasteiger partial charge in [0, 0.05) is 0 Å². The van der Waals surface area contributed by atoms with Crippen LogP contribution in [0.2, 0.25) is 5.02 Å². The van der Waals surface area contributed by atoms with E-state index in [-0.39, 0.29) is 22.2 Å². The Kier molecular flexibility index (Phi) is 3.16. The Bertz CT molecular complexity index is 756. The average molecular weight is 289 g/mol. The van der Waals surface area contributed by atoms with E-state index in [2.05, 4.69) is 5.16 Å². The number of aromatic nitrogens is 1. The molecule has 2 aromatic carbocycles. The van der Waals surface area contributed by atoms with Gasteiger partial charge in [-0.15, -0.1) is 0 Å². The van der Waals surface area contributed by atoms with Crippen molar-refractivity contribution in [1.29, 1.82) is 0 Å². The average Bonchev–Trinajstić information content (AvgIpc) is 2.84. The van der Waals surface area contributed by atoms with Crippen molar-refractivity contribution in [2.75, 3.05) is 5.73 Å². The molecule has 5 heteroatoms. The molecule has 20 heavy (non-hydrogen) atoms. The zero-order valence-corrected chi connectivity index (χ0v) is 11.1. The second-order valence-electron chi connectivity index (χ2n) is 4.24. The van der Waals surface area contributed by atoms with E-state index < -0.39 is 5.82 Å². The van der Waals surface area contributed by atoms with Crippen LogP contribution in [0.4, 0.5) is 10.2 Å². The molecule has 0 saturated heterocycles. The Labute approximate surface area is 119 Å². The molecule has 0 unspecified atom stereocenters. The molecule has 2 N–H and O–H groups in total. The van der Waals surface area contributed by atoms with Gasteiger partial charge in [0.05, 0.1) is 16.1 Å². The fourth-order valence-electron chi connectivity index (χ4n) is 2.05. The number of rotatable bonds is 2. The number of benzene rings is 2. The van der Waals surface area contributed by atoms with Crippen molar-refractivity contribution in [1.82, 2.24) is 5.16 Å². The first-order valence-electron chi connectivity index (χ1n) is 5.93. The second kappa shape index (κ2) is 4.98. The summed E-state index contributed by atoms with van der Waals surface area (Å²) in [5.41, 5.74) is 7.44. The van der Waals surface area contributed by atoms with Crippen LogP contribution in [0.5, 0.6) is 0 Å². The van der Waals surface area contributed by atoms with Crippen LogP contribution in [0, 0.1) is 5.82 Å². The molecule has 0 radical (unpaired) electrons. The number of hydrogen-bond donors (Lipinski definition) is 1. The number of nitrogens with two attached hydrogens (primary N) is 1. The summed E-state index contributed by atoms with van der Waals surface area (Å²) in [4.78, 5) is 0. The summed E-state index contributed by atoms with van der Waals surface area (Å²) in [5.74, 6) is -0.0678. The lowest BCUT2D eigenvalue weighted by atomic mass is 10.0. The Balaban J connectivity index is 2.24. The Morgan fingerprint density at radius 2 is 1.80 bits per heavy atom. The van der Waals surface area contributed by atoms with E-state index in [1.54, 1.807) is 12.1 Å². The minimum Gasteiger partial charge on any atom is -0.380 e. The summed E-state index contributed by atoms with van der Waals surface area (Å²) in [6, 6.07) is 14.0. The first-order chi connectivity index (χ1) is 9.68. The fourth-order valence-corrected chi connectivity index (χ4v) is 2.22. The molecule has 1 heterocycles. The predicted octanol–water partition coefficient (Wildman–Crippen LogP) is 4.38. The lowest BCUT2D eigenvalue weighted by molar-refractivity contribution is 0.433. The molecule has 100 valence electrons. The fraction of sp³-hybridized carbons (Fsp3) is 0. The van der Waals surface area contributed by atoms with Gasteiger partial charge >= 0.3 is 0 Å². The van der Waals surface area contributed by atoms with Crippen molar-refractivity contribution in [2.24, 2.45) is 0 Å². The molecule has 3 nitrogen and oxygen atoms in total. The lowest BCUT2D eigenvalue weighted by Crippen LogP contribution is -1.90. The molecular formula is C15H10ClFN2O. The van der Waals surface area contributed by atoms with Gasteiger partial charge < -0.3 is 10.3 Å². The summed E-state index contributed by atoms with van der Waals surface area (Å²) >= 11 is 5.80. The highest BCUT2D eigenvalue weighted by atomic mass is 35.5. The van der Waals surface area contributed by atoms with Gasteiger partial charge in [-0.2, -0.15) is 0 Å². The maximum atomic E-state index is 14.1. The van der Waals surface area contributed by atoms with Crippen LogP contribution >= 0.6 is 11.6 Å².